The molecule has 1 aliphatic rings. The topological polar surface area (TPSA) is 46.5 Å². The average molecular weight is 360 g/mol. The Morgan fingerprint density at radius 3 is 2.62 bits per heavy atom. The lowest BCUT2D eigenvalue weighted by molar-refractivity contribution is -0.0498. The summed E-state index contributed by atoms with van der Waals surface area (Å²) in [5.74, 6) is -0.656. The van der Waals surface area contributed by atoms with Crippen LogP contribution < -0.4 is 4.74 Å². The highest BCUT2D eigenvalue weighted by atomic mass is 19.3. The Hall–Kier alpha value is -2.43. The maximum Gasteiger partial charge on any atom is 0.387 e. The molecule has 2 aromatic carbocycles. The summed E-state index contributed by atoms with van der Waals surface area (Å²) in [6.07, 6.45) is 3.14. The van der Waals surface area contributed by atoms with E-state index in [1.807, 2.05) is 6.07 Å². The Labute approximate surface area is 151 Å². The van der Waals surface area contributed by atoms with Crippen LogP contribution in [-0.4, -0.2) is 17.7 Å². The molecule has 26 heavy (non-hydrogen) atoms. The Balaban J connectivity index is 2.11. The van der Waals surface area contributed by atoms with Gasteiger partial charge in [-0.15, -0.1) is 0 Å². The van der Waals surface area contributed by atoms with Gasteiger partial charge in [0.15, 0.2) is 0 Å². The maximum absolute atomic E-state index is 12.5. The van der Waals surface area contributed by atoms with Crippen LogP contribution in [0.15, 0.2) is 42.5 Å². The summed E-state index contributed by atoms with van der Waals surface area (Å²) in [7, 11) is 0. The van der Waals surface area contributed by atoms with Gasteiger partial charge in [-0.05, 0) is 65.1 Å². The highest BCUT2D eigenvalue weighted by molar-refractivity contribution is 5.89. The van der Waals surface area contributed by atoms with Gasteiger partial charge in [0.25, 0.3) is 0 Å². The van der Waals surface area contributed by atoms with Crippen molar-refractivity contribution in [3.63, 3.8) is 0 Å². The molecule has 0 aliphatic heterocycles. The van der Waals surface area contributed by atoms with Crippen LogP contribution in [0, 0.1) is 5.41 Å². The largest absolute Gasteiger partial charge is 0.478 e. The Morgan fingerprint density at radius 2 is 2.00 bits per heavy atom. The van der Waals surface area contributed by atoms with Gasteiger partial charge in [0.2, 0.25) is 0 Å². The van der Waals surface area contributed by atoms with Crippen molar-refractivity contribution >= 4 is 5.97 Å². The van der Waals surface area contributed by atoms with Gasteiger partial charge in [-0.2, -0.15) is 8.78 Å². The second-order valence-electron chi connectivity index (χ2n) is 7.45. The third-order valence-electron chi connectivity index (χ3n) is 5.30. The van der Waals surface area contributed by atoms with Gasteiger partial charge in [-0.3, -0.25) is 0 Å². The molecule has 1 saturated carbocycles. The fraction of sp³-hybridized carbons (Fsp3) is 0.381. The monoisotopic (exact) mass is 360 g/mol. The second-order valence-corrected chi connectivity index (χ2v) is 7.45. The number of rotatable bonds is 5. The lowest BCUT2D eigenvalue weighted by Gasteiger charge is -2.29. The molecule has 0 bridgehead atoms. The van der Waals surface area contributed by atoms with E-state index in [0.717, 1.165) is 36.0 Å². The third kappa shape index (κ3) is 3.71. The summed E-state index contributed by atoms with van der Waals surface area (Å²) in [5, 5.41) is 9.38. The van der Waals surface area contributed by atoms with E-state index in [1.54, 1.807) is 30.3 Å². The first kappa shape index (κ1) is 18.4. The zero-order valence-electron chi connectivity index (χ0n) is 14.8. The van der Waals surface area contributed by atoms with E-state index in [2.05, 4.69) is 18.6 Å². The molecule has 0 radical (unpaired) electrons. The van der Waals surface area contributed by atoms with E-state index in [9.17, 15) is 18.7 Å². The van der Waals surface area contributed by atoms with Crippen LogP contribution in [0.25, 0.3) is 11.1 Å². The Morgan fingerprint density at radius 1 is 1.23 bits per heavy atom. The predicted octanol–water partition coefficient (Wildman–Crippen LogP) is 5.95. The van der Waals surface area contributed by atoms with Crippen LogP contribution in [0.3, 0.4) is 0 Å². The number of hydrogen-bond acceptors (Lipinski definition) is 2. The summed E-state index contributed by atoms with van der Waals surface area (Å²) in [6, 6.07) is 11.6. The maximum atomic E-state index is 12.5. The quantitative estimate of drug-likeness (QED) is 0.717. The molecule has 0 heterocycles. The summed E-state index contributed by atoms with van der Waals surface area (Å²) < 4.78 is 29.6. The number of hydrogen-bond donors (Lipinski definition) is 1. The lowest BCUT2D eigenvalue weighted by atomic mass is 9.75. The van der Waals surface area contributed by atoms with E-state index in [-0.39, 0.29) is 22.6 Å². The van der Waals surface area contributed by atoms with Gasteiger partial charge in [-0.1, -0.05) is 38.5 Å². The lowest BCUT2D eigenvalue weighted by Crippen LogP contribution is -2.17. The number of halogens is 2. The Kier molecular flexibility index (Phi) is 4.99. The number of carbonyl (C=O) groups is 1. The van der Waals surface area contributed by atoms with E-state index >= 15 is 0 Å². The van der Waals surface area contributed by atoms with Crippen molar-refractivity contribution in [2.24, 2.45) is 5.41 Å². The molecule has 1 N–H and O–H groups in total. The van der Waals surface area contributed by atoms with Crippen molar-refractivity contribution < 1.29 is 23.4 Å². The molecule has 138 valence electrons. The van der Waals surface area contributed by atoms with Gasteiger partial charge in [0.1, 0.15) is 5.75 Å². The van der Waals surface area contributed by atoms with Crippen molar-refractivity contribution in [1.29, 1.82) is 0 Å². The molecule has 1 aliphatic carbocycles. The van der Waals surface area contributed by atoms with E-state index in [1.165, 1.54) is 6.07 Å². The van der Waals surface area contributed by atoms with Gasteiger partial charge >= 0.3 is 12.6 Å². The number of aromatic carboxylic acids is 1. The molecular weight excluding hydrogens is 338 g/mol. The fourth-order valence-corrected chi connectivity index (χ4v) is 3.99. The molecule has 1 unspecified atom stereocenters. The molecule has 0 aromatic heterocycles. The first-order chi connectivity index (χ1) is 12.3. The standard InChI is InChI=1S/C21H22F2O3/c1-21(2)10-4-7-18(21)17-12-14(19(24)25)8-9-16(17)13-5-3-6-15(11-13)26-20(22)23/h3,5-6,8-9,11-12,18,20H,4,7,10H2,1-2H3,(H,24,25). The van der Waals surface area contributed by atoms with Crippen LogP contribution in [-0.2, 0) is 0 Å². The minimum atomic E-state index is -2.88. The molecule has 2 aromatic rings. The summed E-state index contributed by atoms with van der Waals surface area (Å²) in [6.45, 7) is 1.50. The fourth-order valence-electron chi connectivity index (χ4n) is 3.99. The number of benzene rings is 2. The van der Waals surface area contributed by atoms with Gasteiger partial charge < -0.3 is 9.84 Å². The molecule has 5 heteroatoms. The molecule has 0 spiro atoms. The van der Waals surface area contributed by atoms with Crippen molar-refractivity contribution in [3.8, 4) is 16.9 Å². The summed E-state index contributed by atoms with van der Waals surface area (Å²) in [5.41, 5.74) is 2.88. The second kappa shape index (κ2) is 7.06. The van der Waals surface area contributed by atoms with E-state index in [0.29, 0.717) is 0 Å². The van der Waals surface area contributed by atoms with Crippen molar-refractivity contribution in [3.05, 3.63) is 53.6 Å². The van der Waals surface area contributed by atoms with Crippen molar-refractivity contribution in [2.45, 2.75) is 45.6 Å². The zero-order chi connectivity index (χ0) is 18.9. The van der Waals surface area contributed by atoms with E-state index < -0.39 is 12.6 Å². The van der Waals surface area contributed by atoms with Crippen LogP contribution in [0.2, 0.25) is 0 Å². The van der Waals surface area contributed by atoms with Crippen molar-refractivity contribution in [2.75, 3.05) is 0 Å². The smallest absolute Gasteiger partial charge is 0.387 e. The minimum absolute atomic E-state index is 0.0585. The highest BCUT2D eigenvalue weighted by Crippen LogP contribution is 2.51. The minimum Gasteiger partial charge on any atom is -0.478 e. The highest BCUT2D eigenvalue weighted by Gasteiger charge is 2.37. The number of carboxylic acids is 1. The summed E-state index contributed by atoms with van der Waals surface area (Å²) in [4.78, 5) is 11.4. The summed E-state index contributed by atoms with van der Waals surface area (Å²) >= 11 is 0. The van der Waals surface area contributed by atoms with Gasteiger partial charge in [0, 0.05) is 0 Å². The van der Waals surface area contributed by atoms with Gasteiger partial charge in [-0.25, -0.2) is 4.79 Å². The van der Waals surface area contributed by atoms with Crippen molar-refractivity contribution in [1.82, 2.24) is 0 Å². The Bertz CT molecular complexity index is 815. The SMILES string of the molecule is CC1(C)CCCC1c1cc(C(=O)O)ccc1-c1cccc(OC(F)F)c1. The van der Waals surface area contributed by atoms with Crippen LogP contribution in [0.5, 0.6) is 5.75 Å². The zero-order valence-corrected chi connectivity index (χ0v) is 14.8. The molecular formula is C21H22F2O3. The molecule has 0 saturated heterocycles. The molecule has 1 atom stereocenters. The number of ether oxygens (including phenoxy) is 1. The predicted molar refractivity (Wildman–Crippen MR) is 95.8 cm³/mol. The molecule has 3 nitrogen and oxygen atoms in total. The molecule has 0 amide bonds. The van der Waals surface area contributed by atoms with E-state index in [4.69, 9.17) is 0 Å². The van der Waals surface area contributed by atoms with Crippen LogP contribution >= 0.6 is 0 Å². The first-order valence-corrected chi connectivity index (χ1v) is 8.70. The average Bonchev–Trinajstić information content (AvgIpc) is 2.93. The third-order valence-corrected chi connectivity index (χ3v) is 5.30. The van der Waals surface area contributed by atoms with Crippen LogP contribution in [0.1, 0.15) is 54.9 Å². The van der Waals surface area contributed by atoms with Crippen LogP contribution in [0.4, 0.5) is 8.78 Å². The molecule has 1 fully saturated rings. The normalized spacial score (nSPS) is 18.9. The number of carboxylic acid groups (broad SMARTS) is 1. The van der Waals surface area contributed by atoms with Gasteiger partial charge in [0.05, 0.1) is 5.56 Å². The number of alkyl halides is 2. The first-order valence-electron chi connectivity index (χ1n) is 8.70. The molecule has 3 rings (SSSR count).